The van der Waals surface area contributed by atoms with E-state index in [2.05, 4.69) is 5.32 Å². The van der Waals surface area contributed by atoms with Crippen LogP contribution in [0.4, 0.5) is 4.79 Å². The highest BCUT2D eigenvalue weighted by molar-refractivity contribution is 6.35. The van der Waals surface area contributed by atoms with E-state index in [4.69, 9.17) is 32.7 Å². The van der Waals surface area contributed by atoms with Crippen LogP contribution in [-0.4, -0.2) is 24.8 Å². The van der Waals surface area contributed by atoms with Crippen LogP contribution in [0, 0.1) is 0 Å². The van der Waals surface area contributed by atoms with E-state index in [-0.39, 0.29) is 24.9 Å². The van der Waals surface area contributed by atoms with Crippen molar-refractivity contribution in [2.75, 3.05) is 13.8 Å². The summed E-state index contributed by atoms with van der Waals surface area (Å²) < 4.78 is 10.7. The zero-order valence-electron chi connectivity index (χ0n) is 14.8. The third kappa shape index (κ3) is 3.84. The first-order valence-electron chi connectivity index (χ1n) is 8.24. The van der Waals surface area contributed by atoms with Gasteiger partial charge in [-0.15, -0.1) is 0 Å². The molecule has 1 aliphatic rings. The van der Waals surface area contributed by atoms with Gasteiger partial charge in [-0.3, -0.25) is 0 Å². The predicted molar refractivity (Wildman–Crippen MR) is 102 cm³/mol. The maximum Gasteiger partial charge on any atom is 0.318 e. The summed E-state index contributed by atoms with van der Waals surface area (Å²) in [6.45, 7) is 4.06. The summed E-state index contributed by atoms with van der Waals surface area (Å²) in [7, 11) is 1.73. The second-order valence-corrected chi connectivity index (χ2v) is 7.08. The Kier molecular flexibility index (Phi) is 5.49. The molecule has 1 N–H and O–H groups in total. The van der Waals surface area contributed by atoms with Crippen LogP contribution >= 0.6 is 23.2 Å². The lowest BCUT2D eigenvalue weighted by atomic mass is 10.1. The molecule has 3 rings (SSSR count). The number of rotatable bonds is 4. The van der Waals surface area contributed by atoms with E-state index in [0.717, 1.165) is 16.9 Å². The number of carbonyl (C=O) groups excluding carboxylic acids is 1. The molecule has 0 saturated heterocycles. The highest BCUT2D eigenvalue weighted by Gasteiger charge is 2.22. The molecule has 2 aromatic rings. The van der Waals surface area contributed by atoms with Crippen LogP contribution < -0.4 is 14.8 Å². The summed E-state index contributed by atoms with van der Waals surface area (Å²) >= 11 is 12.2. The summed E-state index contributed by atoms with van der Waals surface area (Å²) in [6, 6.07) is 10.3. The number of halogens is 2. The Balaban J connectivity index is 1.68. The van der Waals surface area contributed by atoms with Gasteiger partial charge in [0.25, 0.3) is 0 Å². The van der Waals surface area contributed by atoms with Gasteiger partial charge in [-0.2, -0.15) is 0 Å². The molecular weight excluding hydrogens is 375 g/mol. The van der Waals surface area contributed by atoms with E-state index in [1.165, 1.54) is 0 Å². The van der Waals surface area contributed by atoms with Gasteiger partial charge in [-0.05, 0) is 49.2 Å². The van der Waals surface area contributed by atoms with Crippen molar-refractivity contribution in [3.05, 3.63) is 57.6 Å². The van der Waals surface area contributed by atoms with Gasteiger partial charge in [-0.1, -0.05) is 35.3 Å². The molecule has 2 aromatic carbocycles. The Bertz CT molecular complexity index is 828. The average Bonchev–Trinajstić information content (AvgIpc) is 3.08. The van der Waals surface area contributed by atoms with Crippen molar-refractivity contribution in [3.8, 4) is 11.5 Å². The fourth-order valence-corrected chi connectivity index (χ4v) is 3.34. The van der Waals surface area contributed by atoms with E-state index >= 15 is 0 Å². The third-order valence-electron chi connectivity index (χ3n) is 4.55. The first-order chi connectivity index (χ1) is 12.4. The number of ether oxygens (including phenoxy) is 2. The zero-order valence-corrected chi connectivity index (χ0v) is 16.3. The number of urea groups is 1. The Hall–Kier alpha value is -2.11. The van der Waals surface area contributed by atoms with Crippen molar-refractivity contribution in [2.45, 2.75) is 25.9 Å². The fourth-order valence-electron chi connectivity index (χ4n) is 2.78. The molecular formula is C19H20Cl2N2O3. The molecule has 0 fully saturated rings. The minimum atomic E-state index is -0.205. The van der Waals surface area contributed by atoms with Gasteiger partial charge in [0, 0.05) is 17.1 Å². The molecule has 1 aliphatic heterocycles. The minimum absolute atomic E-state index is 0.188. The van der Waals surface area contributed by atoms with Crippen LogP contribution in [0.3, 0.4) is 0 Å². The smallest absolute Gasteiger partial charge is 0.318 e. The zero-order chi connectivity index (χ0) is 18.8. The number of amides is 2. The Labute approximate surface area is 162 Å². The van der Waals surface area contributed by atoms with E-state index in [1.807, 2.05) is 38.1 Å². The maximum atomic E-state index is 12.6. The van der Waals surface area contributed by atoms with Crippen molar-refractivity contribution in [1.29, 1.82) is 0 Å². The first-order valence-corrected chi connectivity index (χ1v) is 9.00. The standard InChI is InChI=1S/C19H20Cl2N2O3/c1-11(13-4-7-17-18(8-13)26-10-25-17)22-19(24)23(3)12(2)15-6-5-14(20)9-16(15)21/h4-9,11-12H,10H2,1-3H3,(H,22,24). The highest BCUT2D eigenvalue weighted by Crippen LogP contribution is 2.34. The molecule has 0 saturated carbocycles. The van der Waals surface area contributed by atoms with Crippen LogP contribution in [0.5, 0.6) is 11.5 Å². The van der Waals surface area contributed by atoms with E-state index in [9.17, 15) is 4.79 Å². The van der Waals surface area contributed by atoms with Crippen molar-refractivity contribution < 1.29 is 14.3 Å². The summed E-state index contributed by atoms with van der Waals surface area (Å²) in [6.07, 6.45) is 0. The largest absolute Gasteiger partial charge is 0.454 e. The topological polar surface area (TPSA) is 50.8 Å². The quantitative estimate of drug-likeness (QED) is 0.776. The SMILES string of the molecule is CC(NC(=O)N(C)C(C)c1ccc(Cl)cc1Cl)c1ccc2c(c1)OCO2. The second kappa shape index (κ2) is 7.64. The van der Waals surface area contributed by atoms with E-state index in [0.29, 0.717) is 15.8 Å². The van der Waals surface area contributed by atoms with Gasteiger partial charge in [0.1, 0.15) is 0 Å². The molecule has 0 aromatic heterocycles. The van der Waals surface area contributed by atoms with Crippen molar-refractivity contribution in [2.24, 2.45) is 0 Å². The van der Waals surface area contributed by atoms with Gasteiger partial charge >= 0.3 is 6.03 Å². The van der Waals surface area contributed by atoms with Crippen LogP contribution in [0.25, 0.3) is 0 Å². The normalized spacial score (nSPS) is 14.7. The monoisotopic (exact) mass is 394 g/mol. The molecule has 0 radical (unpaired) electrons. The summed E-state index contributed by atoms with van der Waals surface area (Å²) in [5.41, 5.74) is 1.78. The molecule has 0 bridgehead atoms. The lowest BCUT2D eigenvalue weighted by Gasteiger charge is -2.28. The molecule has 0 aliphatic carbocycles. The predicted octanol–water partition coefficient (Wildman–Crippen LogP) is 5.19. The number of fused-ring (bicyclic) bond motifs is 1. The molecule has 7 heteroatoms. The number of benzene rings is 2. The molecule has 2 amide bonds. The molecule has 5 nitrogen and oxygen atoms in total. The van der Waals surface area contributed by atoms with Crippen LogP contribution in [0.2, 0.25) is 10.0 Å². The van der Waals surface area contributed by atoms with Crippen molar-refractivity contribution in [1.82, 2.24) is 10.2 Å². The van der Waals surface area contributed by atoms with Crippen LogP contribution in [0.15, 0.2) is 36.4 Å². The van der Waals surface area contributed by atoms with Gasteiger partial charge in [-0.25, -0.2) is 4.79 Å². The lowest BCUT2D eigenvalue weighted by molar-refractivity contribution is 0.174. The Morgan fingerprint density at radius 1 is 1.12 bits per heavy atom. The van der Waals surface area contributed by atoms with Gasteiger partial charge in [0.05, 0.1) is 12.1 Å². The third-order valence-corrected chi connectivity index (χ3v) is 5.11. The molecule has 138 valence electrons. The number of nitrogens with zero attached hydrogens (tertiary/aromatic N) is 1. The second-order valence-electron chi connectivity index (χ2n) is 6.24. The Morgan fingerprint density at radius 2 is 1.85 bits per heavy atom. The van der Waals surface area contributed by atoms with Crippen molar-refractivity contribution >= 4 is 29.2 Å². The highest BCUT2D eigenvalue weighted by atomic mass is 35.5. The summed E-state index contributed by atoms with van der Waals surface area (Å²) in [4.78, 5) is 14.3. The number of hydrogen-bond donors (Lipinski definition) is 1. The first kappa shape index (κ1) is 18.7. The van der Waals surface area contributed by atoms with Gasteiger partial charge < -0.3 is 19.7 Å². The maximum absolute atomic E-state index is 12.6. The molecule has 26 heavy (non-hydrogen) atoms. The molecule has 0 spiro atoms. The van der Waals surface area contributed by atoms with Gasteiger partial charge in [0.15, 0.2) is 11.5 Å². The number of nitrogens with one attached hydrogen (secondary N) is 1. The van der Waals surface area contributed by atoms with Gasteiger partial charge in [0.2, 0.25) is 6.79 Å². The molecule has 1 heterocycles. The van der Waals surface area contributed by atoms with E-state index < -0.39 is 0 Å². The van der Waals surface area contributed by atoms with Crippen molar-refractivity contribution in [3.63, 3.8) is 0 Å². The Morgan fingerprint density at radius 3 is 2.58 bits per heavy atom. The van der Waals surface area contributed by atoms with E-state index in [1.54, 1.807) is 24.1 Å². The molecule has 2 atom stereocenters. The lowest BCUT2D eigenvalue weighted by Crippen LogP contribution is -2.40. The minimum Gasteiger partial charge on any atom is -0.454 e. The molecule has 2 unspecified atom stereocenters. The van der Waals surface area contributed by atoms with Crippen LogP contribution in [-0.2, 0) is 0 Å². The number of hydrogen-bond acceptors (Lipinski definition) is 3. The van der Waals surface area contributed by atoms with Crippen LogP contribution in [0.1, 0.15) is 37.1 Å². The fraction of sp³-hybridized carbons (Fsp3) is 0.316. The summed E-state index contributed by atoms with van der Waals surface area (Å²) in [5.74, 6) is 1.41. The number of carbonyl (C=O) groups is 1. The summed E-state index contributed by atoms with van der Waals surface area (Å²) in [5, 5.41) is 4.09. The average molecular weight is 395 g/mol.